The van der Waals surface area contributed by atoms with Crippen LogP contribution in [0.1, 0.15) is 10.4 Å². The molecule has 0 fully saturated rings. The molecule has 0 unspecified atom stereocenters. The van der Waals surface area contributed by atoms with Crippen LogP contribution in [0.2, 0.25) is 5.02 Å². The standard InChI is InChI=1S/C7H4ClIO2/c8-5-1-4(3-10)7(11)2-6(5)9/h1-3,11H. The second-order valence-electron chi connectivity index (χ2n) is 1.94. The molecule has 11 heavy (non-hydrogen) atoms. The van der Waals surface area contributed by atoms with E-state index in [2.05, 4.69) is 0 Å². The smallest absolute Gasteiger partial charge is 0.153 e. The number of rotatable bonds is 1. The van der Waals surface area contributed by atoms with E-state index >= 15 is 0 Å². The highest BCUT2D eigenvalue weighted by Gasteiger charge is 2.03. The van der Waals surface area contributed by atoms with Gasteiger partial charge in [0.25, 0.3) is 0 Å². The van der Waals surface area contributed by atoms with Crippen molar-refractivity contribution < 1.29 is 9.90 Å². The average Bonchev–Trinajstić information content (AvgIpc) is 1.97. The minimum absolute atomic E-state index is 0.0335. The van der Waals surface area contributed by atoms with Gasteiger partial charge in [0.15, 0.2) is 6.29 Å². The second kappa shape index (κ2) is 3.40. The summed E-state index contributed by atoms with van der Waals surface area (Å²) in [6.07, 6.45) is 0.567. The number of hydrogen-bond acceptors (Lipinski definition) is 2. The van der Waals surface area contributed by atoms with Crippen LogP contribution in [-0.4, -0.2) is 11.4 Å². The molecule has 0 aliphatic rings. The Morgan fingerprint density at radius 1 is 1.55 bits per heavy atom. The van der Waals surface area contributed by atoms with Crippen LogP contribution in [0.5, 0.6) is 5.75 Å². The highest BCUT2D eigenvalue weighted by molar-refractivity contribution is 14.1. The molecule has 0 saturated carbocycles. The van der Waals surface area contributed by atoms with Crippen LogP contribution >= 0.6 is 34.2 Å². The van der Waals surface area contributed by atoms with Crippen LogP contribution in [0.15, 0.2) is 12.1 Å². The molecule has 1 aromatic carbocycles. The Morgan fingerprint density at radius 3 is 2.73 bits per heavy atom. The van der Waals surface area contributed by atoms with Crippen LogP contribution in [0, 0.1) is 3.57 Å². The Morgan fingerprint density at radius 2 is 2.18 bits per heavy atom. The summed E-state index contributed by atoms with van der Waals surface area (Å²) in [6.45, 7) is 0. The van der Waals surface area contributed by atoms with Crippen molar-refractivity contribution in [3.8, 4) is 5.75 Å². The summed E-state index contributed by atoms with van der Waals surface area (Å²) < 4.78 is 0.729. The first-order valence-corrected chi connectivity index (χ1v) is 4.24. The van der Waals surface area contributed by atoms with Crippen LogP contribution in [0.3, 0.4) is 0 Å². The lowest BCUT2D eigenvalue weighted by atomic mass is 10.2. The number of benzene rings is 1. The summed E-state index contributed by atoms with van der Waals surface area (Å²) in [6, 6.07) is 2.89. The molecule has 0 bridgehead atoms. The van der Waals surface area contributed by atoms with Crippen molar-refractivity contribution in [2.45, 2.75) is 0 Å². The molecule has 0 aliphatic heterocycles. The van der Waals surface area contributed by atoms with E-state index < -0.39 is 0 Å². The fourth-order valence-corrected chi connectivity index (χ4v) is 1.27. The van der Waals surface area contributed by atoms with E-state index in [-0.39, 0.29) is 11.3 Å². The maximum absolute atomic E-state index is 10.3. The Hall–Kier alpha value is -0.290. The van der Waals surface area contributed by atoms with Crippen molar-refractivity contribution in [3.63, 3.8) is 0 Å². The number of aldehydes is 1. The van der Waals surface area contributed by atoms with Crippen LogP contribution < -0.4 is 0 Å². The molecule has 0 aromatic heterocycles. The van der Waals surface area contributed by atoms with E-state index in [1.807, 2.05) is 22.6 Å². The lowest BCUT2D eigenvalue weighted by Crippen LogP contribution is -1.83. The number of halogens is 2. The van der Waals surface area contributed by atoms with Gasteiger partial charge in [-0.05, 0) is 34.7 Å². The molecular weight excluding hydrogens is 278 g/mol. The number of carbonyl (C=O) groups excluding carboxylic acids is 1. The SMILES string of the molecule is O=Cc1cc(Cl)c(I)cc1O. The van der Waals surface area contributed by atoms with Gasteiger partial charge in [0.05, 0.1) is 10.6 Å². The van der Waals surface area contributed by atoms with Gasteiger partial charge in [-0.1, -0.05) is 11.6 Å². The van der Waals surface area contributed by atoms with E-state index in [4.69, 9.17) is 16.7 Å². The van der Waals surface area contributed by atoms with Gasteiger partial charge in [0.2, 0.25) is 0 Å². The van der Waals surface area contributed by atoms with Crippen molar-refractivity contribution >= 4 is 40.5 Å². The molecule has 1 rings (SSSR count). The zero-order chi connectivity index (χ0) is 8.43. The lowest BCUT2D eigenvalue weighted by Gasteiger charge is -1.99. The van der Waals surface area contributed by atoms with Gasteiger partial charge in [-0.3, -0.25) is 4.79 Å². The normalized spacial score (nSPS) is 9.64. The monoisotopic (exact) mass is 282 g/mol. The summed E-state index contributed by atoms with van der Waals surface area (Å²) in [5, 5.41) is 9.60. The van der Waals surface area contributed by atoms with Crippen molar-refractivity contribution in [2.75, 3.05) is 0 Å². The summed E-state index contributed by atoms with van der Waals surface area (Å²) in [7, 11) is 0. The molecule has 2 nitrogen and oxygen atoms in total. The maximum Gasteiger partial charge on any atom is 0.153 e. The molecule has 0 aliphatic carbocycles. The van der Waals surface area contributed by atoms with Crippen LogP contribution in [0.4, 0.5) is 0 Å². The zero-order valence-corrected chi connectivity index (χ0v) is 8.26. The quantitative estimate of drug-likeness (QED) is 0.634. The Balaban J connectivity index is 3.31. The molecule has 0 spiro atoms. The van der Waals surface area contributed by atoms with Gasteiger partial charge in [0, 0.05) is 3.57 Å². The van der Waals surface area contributed by atoms with Crippen molar-refractivity contribution in [3.05, 3.63) is 26.3 Å². The first kappa shape index (κ1) is 8.80. The van der Waals surface area contributed by atoms with E-state index in [0.717, 1.165) is 3.57 Å². The first-order valence-electron chi connectivity index (χ1n) is 2.78. The van der Waals surface area contributed by atoms with Gasteiger partial charge in [-0.15, -0.1) is 0 Å². The Kier molecular flexibility index (Phi) is 2.72. The summed E-state index contributed by atoms with van der Waals surface area (Å²) in [5.41, 5.74) is 0.218. The number of carbonyl (C=O) groups is 1. The Labute approximate surface area is 82.3 Å². The Bertz CT molecular complexity index is 299. The van der Waals surface area contributed by atoms with Gasteiger partial charge >= 0.3 is 0 Å². The summed E-state index contributed by atoms with van der Waals surface area (Å²) in [5.74, 6) is -0.0335. The molecule has 0 amide bonds. The maximum atomic E-state index is 10.3. The largest absolute Gasteiger partial charge is 0.507 e. The van der Waals surface area contributed by atoms with Crippen LogP contribution in [0.25, 0.3) is 0 Å². The van der Waals surface area contributed by atoms with Gasteiger partial charge in [-0.25, -0.2) is 0 Å². The average molecular weight is 282 g/mol. The number of phenols is 1. The molecule has 58 valence electrons. The van der Waals surface area contributed by atoms with Crippen LogP contribution in [-0.2, 0) is 0 Å². The molecular formula is C7H4ClIO2. The molecule has 1 aromatic rings. The van der Waals surface area contributed by atoms with Crippen molar-refractivity contribution in [2.24, 2.45) is 0 Å². The van der Waals surface area contributed by atoms with Crippen molar-refractivity contribution in [1.29, 1.82) is 0 Å². The number of aromatic hydroxyl groups is 1. The third-order valence-corrected chi connectivity index (χ3v) is 2.72. The lowest BCUT2D eigenvalue weighted by molar-refractivity contribution is 0.112. The molecule has 0 heterocycles. The van der Waals surface area contributed by atoms with E-state index in [9.17, 15) is 4.79 Å². The third kappa shape index (κ3) is 1.84. The van der Waals surface area contributed by atoms with Crippen molar-refractivity contribution in [1.82, 2.24) is 0 Å². The van der Waals surface area contributed by atoms with E-state index in [1.165, 1.54) is 12.1 Å². The molecule has 4 heteroatoms. The fourth-order valence-electron chi connectivity index (χ4n) is 0.646. The summed E-state index contributed by atoms with van der Waals surface area (Å²) >= 11 is 7.66. The second-order valence-corrected chi connectivity index (χ2v) is 3.51. The van der Waals surface area contributed by atoms with E-state index in [0.29, 0.717) is 11.3 Å². The highest BCUT2D eigenvalue weighted by Crippen LogP contribution is 2.25. The fraction of sp³-hybridized carbons (Fsp3) is 0. The zero-order valence-electron chi connectivity index (χ0n) is 5.34. The first-order chi connectivity index (χ1) is 5.15. The third-order valence-electron chi connectivity index (χ3n) is 1.20. The van der Waals surface area contributed by atoms with Gasteiger partial charge in [-0.2, -0.15) is 0 Å². The predicted molar refractivity (Wildman–Crippen MR) is 51.2 cm³/mol. The van der Waals surface area contributed by atoms with Gasteiger partial charge < -0.3 is 5.11 Å². The molecule has 0 atom stereocenters. The van der Waals surface area contributed by atoms with E-state index in [1.54, 1.807) is 0 Å². The van der Waals surface area contributed by atoms with Gasteiger partial charge in [0.1, 0.15) is 5.75 Å². The minimum Gasteiger partial charge on any atom is -0.507 e. The number of hydrogen-bond donors (Lipinski definition) is 1. The number of phenolic OH excluding ortho intramolecular Hbond substituents is 1. The molecule has 1 N–H and O–H groups in total. The topological polar surface area (TPSA) is 37.3 Å². The highest BCUT2D eigenvalue weighted by atomic mass is 127. The predicted octanol–water partition coefficient (Wildman–Crippen LogP) is 2.46. The summed E-state index contributed by atoms with van der Waals surface area (Å²) in [4.78, 5) is 10.3. The minimum atomic E-state index is -0.0335. The molecule has 0 saturated heterocycles. The molecule has 0 radical (unpaired) electrons.